The third kappa shape index (κ3) is 3.22. The molecule has 94 valence electrons. The maximum Gasteiger partial charge on any atom is 0.340 e. The number of alkyl halides is 3. The number of pyridine rings is 1. The molecule has 0 aromatic carbocycles. The molecule has 0 atom stereocenters. The Bertz CT molecular complexity index is 427. The average molecular weight is 373 g/mol. The van der Waals surface area contributed by atoms with Crippen LogP contribution in [-0.2, 0) is 10.1 Å². The molecule has 1 aromatic rings. The van der Waals surface area contributed by atoms with Crippen molar-refractivity contribution in [1.82, 2.24) is 4.98 Å². The van der Waals surface area contributed by atoms with Gasteiger partial charge in [0.25, 0.3) is 6.43 Å². The third-order valence-corrected chi connectivity index (χ3v) is 3.14. The molecule has 1 aromatic heterocycles. The zero-order chi connectivity index (χ0) is 13.0. The van der Waals surface area contributed by atoms with Gasteiger partial charge in [-0.05, 0) is 22.9 Å². The number of carbonyl (C=O) groups is 1. The predicted octanol–water partition coefficient (Wildman–Crippen LogP) is 3.85. The van der Waals surface area contributed by atoms with E-state index in [0.717, 1.165) is 0 Å². The Kier molecular flexibility index (Phi) is 5.45. The lowest BCUT2D eigenvalue weighted by atomic mass is 10.1. The van der Waals surface area contributed by atoms with E-state index >= 15 is 0 Å². The predicted molar refractivity (Wildman–Crippen MR) is 65.5 cm³/mol. The third-order valence-electron chi connectivity index (χ3n) is 1.97. The highest BCUT2D eigenvalue weighted by atomic mass is 79.9. The summed E-state index contributed by atoms with van der Waals surface area (Å²) >= 11 is 6.07. The Balaban J connectivity index is 3.40. The first-order chi connectivity index (χ1) is 8.02. The molecule has 0 radical (unpaired) electrons. The van der Waals surface area contributed by atoms with Crippen LogP contribution in [0.3, 0.4) is 0 Å². The van der Waals surface area contributed by atoms with Gasteiger partial charge in [0.1, 0.15) is 0 Å². The van der Waals surface area contributed by atoms with Gasteiger partial charge in [-0.2, -0.15) is 0 Å². The maximum atomic E-state index is 12.9. The lowest BCUT2D eigenvalue weighted by molar-refractivity contribution is 0.0513. The van der Waals surface area contributed by atoms with Crippen LogP contribution in [0.15, 0.2) is 10.7 Å². The Labute approximate surface area is 114 Å². The number of rotatable bonds is 4. The smallest absolute Gasteiger partial charge is 0.340 e. The van der Waals surface area contributed by atoms with Crippen LogP contribution < -0.4 is 0 Å². The molecule has 7 heteroatoms. The van der Waals surface area contributed by atoms with Crippen LogP contribution in [0.4, 0.5) is 8.78 Å². The van der Waals surface area contributed by atoms with Gasteiger partial charge in [-0.15, -0.1) is 0 Å². The standard InChI is InChI=1S/C10H9Br2F2NO2/c1-2-17-10(16)8-6(3-11)15-4-5(12)7(8)9(13)14/h4,9H,2-3H2,1H3. The molecular formula is C10H9Br2F2NO2. The van der Waals surface area contributed by atoms with Gasteiger partial charge in [0.2, 0.25) is 0 Å². The van der Waals surface area contributed by atoms with Crippen molar-refractivity contribution < 1.29 is 18.3 Å². The maximum absolute atomic E-state index is 12.9. The lowest BCUT2D eigenvalue weighted by Crippen LogP contribution is -2.13. The summed E-state index contributed by atoms with van der Waals surface area (Å²) in [6, 6.07) is 0. The normalized spacial score (nSPS) is 10.7. The first-order valence-corrected chi connectivity index (χ1v) is 6.62. The Morgan fingerprint density at radius 2 is 2.24 bits per heavy atom. The summed E-state index contributed by atoms with van der Waals surface area (Å²) in [4.78, 5) is 15.6. The minimum Gasteiger partial charge on any atom is -0.462 e. The molecule has 0 saturated heterocycles. The second-order valence-corrected chi connectivity index (χ2v) is 4.41. The van der Waals surface area contributed by atoms with E-state index in [1.807, 2.05) is 0 Å². The van der Waals surface area contributed by atoms with Crippen LogP contribution in [-0.4, -0.2) is 17.6 Å². The van der Waals surface area contributed by atoms with E-state index in [-0.39, 0.29) is 33.2 Å². The quantitative estimate of drug-likeness (QED) is 0.595. The molecule has 1 rings (SSSR count). The van der Waals surface area contributed by atoms with Gasteiger partial charge in [-0.1, -0.05) is 15.9 Å². The van der Waals surface area contributed by atoms with Gasteiger partial charge in [0.05, 0.1) is 17.9 Å². The van der Waals surface area contributed by atoms with Crippen molar-refractivity contribution in [2.75, 3.05) is 6.61 Å². The summed E-state index contributed by atoms with van der Waals surface area (Å²) in [6.45, 7) is 1.73. The molecule has 0 amide bonds. The van der Waals surface area contributed by atoms with Crippen LogP contribution >= 0.6 is 31.9 Å². The molecule has 0 saturated carbocycles. The van der Waals surface area contributed by atoms with Crippen LogP contribution in [0.25, 0.3) is 0 Å². The van der Waals surface area contributed by atoms with Gasteiger partial charge < -0.3 is 4.74 Å². The van der Waals surface area contributed by atoms with E-state index in [4.69, 9.17) is 4.74 Å². The summed E-state index contributed by atoms with van der Waals surface area (Å²) in [5, 5.41) is 0.203. The van der Waals surface area contributed by atoms with Crippen molar-refractivity contribution in [3.05, 3.63) is 27.5 Å². The summed E-state index contributed by atoms with van der Waals surface area (Å²) in [6.07, 6.45) is -1.52. The van der Waals surface area contributed by atoms with Crippen LogP contribution in [0.2, 0.25) is 0 Å². The van der Waals surface area contributed by atoms with Crippen molar-refractivity contribution in [2.45, 2.75) is 18.7 Å². The second kappa shape index (κ2) is 6.39. The van der Waals surface area contributed by atoms with Crippen LogP contribution in [0.1, 0.15) is 35.0 Å². The number of carbonyl (C=O) groups excluding carboxylic acids is 1. The zero-order valence-electron chi connectivity index (χ0n) is 8.84. The van der Waals surface area contributed by atoms with Gasteiger partial charge >= 0.3 is 5.97 Å². The first-order valence-electron chi connectivity index (χ1n) is 4.71. The number of nitrogens with zero attached hydrogens (tertiary/aromatic N) is 1. The van der Waals surface area contributed by atoms with E-state index in [0.29, 0.717) is 0 Å². The number of hydrogen-bond acceptors (Lipinski definition) is 3. The van der Waals surface area contributed by atoms with Gasteiger partial charge in [0, 0.05) is 21.6 Å². The summed E-state index contributed by atoms with van der Waals surface area (Å²) in [5.74, 6) is -0.786. The van der Waals surface area contributed by atoms with E-state index in [2.05, 4.69) is 36.8 Å². The fraction of sp³-hybridized carbons (Fsp3) is 0.400. The fourth-order valence-corrected chi connectivity index (χ4v) is 2.19. The molecule has 0 unspecified atom stereocenters. The minimum absolute atomic E-state index is 0.0975. The second-order valence-electron chi connectivity index (χ2n) is 3.00. The fourth-order valence-electron chi connectivity index (χ4n) is 1.29. The molecule has 1 heterocycles. The van der Waals surface area contributed by atoms with Gasteiger partial charge in [0.15, 0.2) is 0 Å². The topological polar surface area (TPSA) is 39.2 Å². The van der Waals surface area contributed by atoms with Crippen molar-refractivity contribution >= 4 is 37.8 Å². The lowest BCUT2D eigenvalue weighted by Gasteiger charge is -2.12. The molecule has 0 fully saturated rings. The molecule has 17 heavy (non-hydrogen) atoms. The van der Waals surface area contributed by atoms with E-state index in [9.17, 15) is 13.6 Å². The van der Waals surface area contributed by atoms with Crippen molar-refractivity contribution in [1.29, 1.82) is 0 Å². The minimum atomic E-state index is -2.77. The summed E-state index contributed by atoms with van der Waals surface area (Å²) in [7, 11) is 0. The monoisotopic (exact) mass is 371 g/mol. The van der Waals surface area contributed by atoms with E-state index in [1.165, 1.54) is 6.20 Å². The molecule has 0 bridgehead atoms. The highest BCUT2D eigenvalue weighted by molar-refractivity contribution is 9.10. The van der Waals surface area contributed by atoms with Gasteiger partial charge in [-0.25, -0.2) is 13.6 Å². The summed E-state index contributed by atoms with van der Waals surface area (Å²) in [5.41, 5.74) is -0.317. The Morgan fingerprint density at radius 1 is 1.59 bits per heavy atom. The molecule has 0 aliphatic heterocycles. The molecular weight excluding hydrogens is 364 g/mol. The Hall–Kier alpha value is -0.560. The number of esters is 1. The molecule has 0 aliphatic rings. The molecule has 0 N–H and O–H groups in total. The van der Waals surface area contributed by atoms with Crippen molar-refractivity contribution in [2.24, 2.45) is 0 Å². The van der Waals surface area contributed by atoms with Gasteiger partial charge in [-0.3, -0.25) is 4.98 Å². The summed E-state index contributed by atoms with van der Waals surface area (Å²) < 4.78 is 30.7. The number of ether oxygens (including phenoxy) is 1. The zero-order valence-corrected chi connectivity index (χ0v) is 12.0. The highest BCUT2D eigenvalue weighted by Crippen LogP contribution is 2.32. The van der Waals surface area contributed by atoms with E-state index in [1.54, 1.807) is 6.92 Å². The molecule has 0 spiro atoms. The first kappa shape index (κ1) is 14.5. The number of hydrogen-bond donors (Lipinski definition) is 0. The van der Waals surface area contributed by atoms with Crippen LogP contribution in [0.5, 0.6) is 0 Å². The highest BCUT2D eigenvalue weighted by Gasteiger charge is 2.26. The largest absolute Gasteiger partial charge is 0.462 e. The molecule has 3 nitrogen and oxygen atoms in total. The SMILES string of the molecule is CCOC(=O)c1c(CBr)ncc(Br)c1C(F)F. The molecule has 0 aliphatic carbocycles. The van der Waals surface area contributed by atoms with Crippen molar-refractivity contribution in [3.8, 4) is 0 Å². The van der Waals surface area contributed by atoms with Crippen LogP contribution in [0, 0.1) is 0 Å². The van der Waals surface area contributed by atoms with Crippen molar-refractivity contribution in [3.63, 3.8) is 0 Å². The average Bonchev–Trinajstić information content (AvgIpc) is 2.28. The van der Waals surface area contributed by atoms with E-state index < -0.39 is 12.4 Å². The number of halogens is 4. The number of aromatic nitrogens is 1. The Morgan fingerprint density at radius 3 is 2.71 bits per heavy atom.